The number of rotatable bonds is 8. The number of anilines is 1. The van der Waals surface area contributed by atoms with Crippen molar-refractivity contribution in [1.82, 2.24) is 15.0 Å². The van der Waals surface area contributed by atoms with E-state index in [1.54, 1.807) is 26.2 Å². The van der Waals surface area contributed by atoms with Crippen LogP contribution in [0, 0.1) is 0 Å². The van der Waals surface area contributed by atoms with Gasteiger partial charge in [0.25, 0.3) is 5.91 Å². The van der Waals surface area contributed by atoms with Crippen LogP contribution in [0.3, 0.4) is 0 Å². The highest BCUT2D eigenvalue weighted by Crippen LogP contribution is 2.17. The highest BCUT2D eigenvalue weighted by atomic mass is 32.2. The Morgan fingerprint density at radius 1 is 1.03 bits per heavy atom. The lowest BCUT2D eigenvalue weighted by Crippen LogP contribution is -2.45. The van der Waals surface area contributed by atoms with E-state index < -0.39 is 33.4 Å². The molecule has 0 aliphatic heterocycles. The lowest BCUT2D eigenvalue weighted by molar-refractivity contribution is -0.118. The summed E-state index contributed by atoms with van der Waals surface area (Å²) < 4.78 is 27.5. The Bertz CT molecular complexity index is 1190. The van der Waals surface area contributed by atoms with Crippen molar-refractivity contribution in [3.63, 3.8) is 0 Å². The van der Waals surface area contributed by atoms with Crippen molar-refractivity contribution in [1.29, 1.82) is 0 Å². The van der Waals surface area contributed by atoms with Gasteiger partial charge in [0.1, 0.15) is 6.04 Å². The fourth-order valence-corrected chi connectivity index (χ4v) is 4.98. The van der Waals surface area contributed by atoms with Gasteiger partial charge in [-0.15, -0.1) is 11.3 Å². The number of aromatic nitrogens is 1. The normalized spacial score (nSPS) is 12.7. The molecule has 33 heavy (non-hydrogen) atoms. The lowest BCUT2D eigenvalue weighted by Gasteiger charge is -2.20. The van der Waals surface area contributed by atoms with Crippen LogP contribution in [-0.2, 0) is 21.2 Å². The number of carbonyl (C=O) groups is 2. The first-order valence-corrected chi connectivity index (χ1v) is 12.6. The van der Waals surface area contributed by atoms with Crippen molar-refractivity contribution in [2.75, 3.05) is 5.32 Å². The molecule has 0 spiro atoms. The maximum atomic E-state index is 13.0. The molecule has 1 aromatic heterocycles. The predicted octanol–water partition coefficient (Wildman–Crippen LogP) is 3.20. The molecule has 174 valence electrons. The predicted molar refractivity (Wildman–Crippen MR) is 129 cm³/mol. The summed E-state index contributed by atoms with van der Waals surface area (Å²) in [5.41, 5.74) is 0.675. The van der Waals surface area contributed by atoms with E-state index in [4.69, 9.17) is 0 Å². The Balaban J connectivity index is 1.75. The van der Waals surface area contributed by atoms with E-state index >= 15 is 0 Å². The number of thiazole rings is 1. The summed E-state index contributed by atoms with van der Waals surface area (Å²) in [6.45, 7) is 5.27. The number of nitrogens with one attached hydrogen (secondary N) is 3. The smallest absolute Gasteiger partial charge is 0.280 e. The van der Waals surface area contributed by atoms with Crippen LogP contribution in [0.25, 0.3) is 0 Å². The number of hydrogen-bond acceptors (Lipinski definition) is 6. The van der Waals surface area contributed by atoms with Gasteiger partial charge in [-0.25, -0.2) is 18.1 Å². The molecule has 1 atom stereocenters. The van der Waals surface area contributed by atoms with Crippen LogP contribution in [0.4, 0.5) is 5.69 Å². The van der Waals surface area contributed by atoms with Gasteiger partial charge < -0.3 is 10.6 Å². The average Bonchev–Trinajstić information content (AvgIpc) is 3.28. The van der Waals surface area contributed by atoms with Gasteiger partial charge in [-0.3, -0.25) is 9.59 Å². The third kappa shape index (κ3) is 7.21. The molecule has 1 heterocycles. The molecule has 8 nitrogen and oxygen atoms in total. The Kier molecular flexibility index (Phi) is 7.62. The molecule has 3 rings (SSSR count). The van der Waals surface area contributed by atoms with Crippen molar-refractivity contribution in [3.05, 3.63) is 76.7 Å². The first kappa shape index (κ1) is 24.6. The number of amides is 2. The van der Waals surface area contributed by atoms with E-state index in [9.17, 15) is 18.0 Å². The fourth-order valence-electron chi connectivity index (χ4n) is 3.02. The van der Waals surface area contributed by atoms with E-state index in [1.165, 1.54) is 41.8 Å². The Morgan fingerprint density at radius 3 is 2.27 bits per heavy atom. The topological polar surface area (TPSA) is 117 Å². The summed E-state index contributed by atoms with van der Waals surface area (Å²) in [5, 5.41) is 7.45. The van der Waals surface area contributed by atoms with Gasteiger partial charge in [0, 0.05) is 29.2 Å². The number of hydrogen-bond donors (Lipinski definition) is 3. The molecular weight excluding hydrogens is 460 g/mol. The van der Waals surface area contributed by atoms with Crippen molar-refractivity contribution >= 4 is 38.9 Å². The largest absolute Gasteiger partial charge is 0.338 e. The fraction of sp³-hybridized carbons (Fsp3) is 0.261. The second-order valence-electron chi connectivity index (χ2n) is 8.42. The van der Waals surface area contributed by atoms with Gasteiger partial charge >= 0.3 is 0 Å². The van der Waals surface area contributed by atoms with Crippen LogP contribution in [0.1, 0.15) is 36.1 Å². The minimum absolute atomic E-state index is 0.0910. The summed E-state index contributed by atoms with van der Waals surface area (Å²) in [6.07, 6.45) is 1.81. The molecule has 0 saturated carbocycles. The van der Waals surface area contributed by atoms with E-state index in [1.807, 2.05) is 30.3 Å². The van der Waals surface area contributed by atoms with Crippen LogP contribution in [-0.4, -0.2) is 36.8 Å². The first-order chi connectivity index (χ1) is 15.5. The second-order valence-corrected chi connectivity index (χ2v) is 11.0. The standard InChI is InChI=1S/C23H26N4O4S2/c1-23(2,3)27-33(30,31)18-11-9-17(10-12-18)25-20(28)19(15-16-7-5-4-6-8-16)26-21(29)22-24-13-14-32-22/h4-14,19,27H,15H2,1-3H3,(H,25,28)(H,26,29)/t19-/m0/s1. The minimum Gasteiger partial charge on any atom is -0.338 e. The zero-order chi connectivity index (χ0) is 24.1. The number of benzene rings is 2. The van der Waals surface area contributed by atoms with Crippen molar-refractivity contribution < 1.29 is 18.0 Å². The van der Waals surface area contributed by atoms with Crippen LogP contribution in [0.5, 0.6) is 0 Å². The number of sulfonamides is 1. The monoisotopic (exact) mass is 486 g/mol. The zero-order valence-electron chi connectivity index (χ0n) is 18.5. The maximum Gasteiger partial charge on any atom is 0.280 e. The molecule has 0 aliphatic carbocycles. The van der Waals surface area contributed by atoms with E-state index in [2.05, 4.69) is 20.3 Å². The molecule has 3 N–H and O–H groups in total. The third-order valence-electron chi connectivity index (χ3n) is 4.40. The van der Waals surface area contributed by atoms with Crippen molar-refractivity contribution in [2.45, 2.75) is 43.7 Å². The van der Waals surface area contributed by atoms with Crippen LogP contribution in [0.15, 0.2) is 71.1 Å². The van der Waals surface area contributed by atoms with Crippen LogP contribution < -0.4 is 15.4 Å². The second kappa shape index (κ2) is 10.2. The summed E-state index contributed by atoms with van der Waals surface area (Å²) in [5.74, 6) is -0.858. The van der Waals surface area contributed by atoms with Gasteiger partial charge in [0.2, 0.25) is 15.9 Å². The molecule has 0 bridgehead atoms. The average molecular weight is 487 g/mol. The molecule has 0 radical (unpaired) electrons. The van der Waals surface area contributed by atoms with Gasteiger partial charge in [-0.1, -0.05) is 30.3 Å². The molecular formula is C23H26N4O4S2. The van der Waals surface area contributed by atoms with Gasteiger partial charge in [0.15, 0.2) is 5.01 Å². The molecule has 2 amide bonds. The SMILES string of the molecule is CC(C)(C)NS(=O)(=O)c1ccc(NC(=O)[C@H](Cc2ccccc2)NC(=O)c2nccs2)cc1. The highest BCUT2D eigenvalue weighted by molar-refractivity contribution is 7.89. The third-order valence-corrected chi connectivity index (χ3v) is 6.95. The van der Waals surface area contributed by atoms with Crippen LogP contribution >= 0.6 is 11.3 Å². The molecule has 0 saturated heterocycles. The molecule has 0 aliphatic rings. The van der Waals surface area contributed by atoms with E-state index in [0.29, 0.717) is 5.69 Å². The number of nitrogens with zero attached hydrogens (tertiary/aromatic N) is 1. The molecule has 0 fully saturated rings. The molecule has 0 unspecified atom stereocenters. The Labute approximate surface area is 197 Å². The van der Waals surface area contributed by atoms with Crippen molar-refractivity contribution in [2.24, 2.45) is 0 Å². The zero-order valence-corrected chi connectivity index (χ0v) is 20.2. The summed E-state index contributed by atoms with van der Waals surface area (Å²) >= 11 is 1.18. The highest BCUT2D eigenvalue weighted by Gasteiger charge is 2.24. The van der Waals surface area contributed by atoms with E-state index in [-0.39, 0.29) is 16.3 Å². The summed E-state index contributed by atoms with van der Waals surface area (Å²) in [7, 11) is -3.69. The van der Waals surface area contributed by atoms with Gasteiger partial charge in [-0.2, -0.15) is 0 Å². The van der Waals surface area contributed by atoms with Gasteiger partial charge in [0.05, 0.1) is 4.90 Å². The number of carbonyl (C=O) groups excluding carboxylic acids is 2. The van der Waals surface area contributed by atoms with Crippen LogP contribution in [0.2, 0.25) is 0 Å². The molecule has 3 aromatic rings. The lowest BCUT2D eigenvalue weighted by atomic mass is 10.0. The quantitative estimate of drug-likeness (QED) is 0.452. The Morgan fingerprint density at radius 2 is 1.70 bits per heavy atom. The Hall–Kier alpha value is -3.08. The van der Waals surface area contributed by atoms with Crippen molar-refractivity contribution in [3.8, 4) is 0 Å². The van der Waals surface area contributed by atoms with E-state index in [0.717, 1.165) is 5.56 Å². The molecule has 2 aromatic carbocycles. The molecule has 10 heteroatoms. The van der Waals surface area contributed by atoms with Gasteiger partial charge in [-0.05, 0) is 50.6 Å². The summed E-state index contributed by atoms with van der Waals surface area (Å²) in [6, 6.07) is 14.3. The minimum atomic E-state index is -3.69. The first-order valence-electron chi connectivity index (χ1n) is 10.2. The summed E-state index contributed by atoms with van der Waals surface area (Å²) in [4.78, 5) is 29.6. The maximum absolute atomic E-state index is 13.0.